The molecule has 0 radical (unpaired) electrons. The number of hydrogen-bond acceptors (Lipinski definition) is 2. The number of amides is 2. The molecule has 1 fully saturated rings. The predicted molar refractivity (Wildman–Crippen MR) is 87.6 cm³/mol. The molecule has 0 saturated heterocycles. The summed E-state index contributed by atoms with van der Waals surface area (Å²) in [6.45, 7) is 0. The molecule has 0 aromatic heterocycles. The fourth-order valence-corrected chi connectivity index (χ4v) is 3.01. The highest BCUT2D eigenvalue weighted by molar-refractivity contribution is 6.40. The Morgan fingerprint density at radius 3 is 2.41 bits per heavy atom. The lowest BCUT2D eigenvalue weighted by molar-refractivity contribution is -0.136. The monoisotopic (exact) mass is 296 g/mol. The van der Waals surface area contributed by atoms with Gasteiger partial charge < -0.3 is 10.6 Å². The number of anilines is 1. The van der Waals surface area contributed by atoms with Crippen LogP contribution < -0.4 is 10.6 Å². The third-order valence-electron chi connectivity index (χ3n) is 4.18. The van der Waals surface area contributed by atoms with Gasteiger partial charge in [0.05, 0.1) is 0 Å². The van der Waals surface area contributed by atoms with Crippen molar-refractivity contribution in [2.45, 2.75) is 38.1 Å². The lowest BCUT2D eigenvalue weighted by Crippen LogP contribution is -2.42. The summed E-state index contributed by atoms with van der Waals surface area (Å²) in [4.78, 5) is 24.1. The van der Waals surface area contributed by atoms with Crippen molar-refractivity contribution in [2.75, 3.05) is 5.32 Å². The number of carbonyl (C=O) groups excluding carboxylic acids is 2. The first-order chi connectivity index (χ1) is 10.7. The van der Waals surface area contributed by atoms with E-state index >= 15 is 0 Å². The van der Waals surface area contributed by atoms with Gasteiger partial charge in [0.25, 0.3) is 0 Å². The Balaban J connectivity index is 1.68. The second-order valence-corrected chi connectivity index (χ2v) is 5.79. The third-order valence-corrected chi connectivity index (χ3v) is 4.18. The van der Waals surface area contributed by atoms with E-state index in [0.717, 1.165) is 36.5 Å². The molecule has 1 aliphatic rings. The molecule has 0 spiro atoms. The second kappa shape index (κ2) is 6.60. The van der Waals surface area contributed by atoms with Gasteiger partial charge in [-0.2, -0.15) is 0 Å². The summed E-state index contributed by atoms with van der Waals surface area (Å²) in [5.41, 5.74) is 0.668. The van der Waals surface area contributed by atoms with Crippen LogP contribution in [0.1, 0.15) is 32.1 Å². The zero-order valence-electron chi connectivity index (χ0n) is 12.5. The van der Waals surface area contributed by atoms with Crippen molar-refractivity contribution in [3.8, 4) is 0 Å². The maximum Gasteiger partial charge on any atom is 0.313 e. The Morgan fingerprint density at radius 2 is 1.59 bits per heavy atom. The van der Waals surface area contributed by atoms with Crippen LogP contribution >= 0.6 is 0 Å². The average Bonchev–Trinajstić information content (AvgIpc) is 2.56. The van der Waals surface area contributed by atoms with Crippen LogP contribution in [0.25, 0.3) is 10.8 Å². The van der Waals surface area contributed by atoms with E-state index in [0.29, 0.717) is 5.69 Å². The number of benzene rings is 2. The van der Waals surface area contributed by atoms with Gasteiger partial charge in [0.1, 0.15) is 0 Å². The van der Waals surface area contributed by atoms with Crippen molar-refractivity contribution in [3.05, 3.63) is 42.5 Å². The molecule has 2 aromatic carbocycles. The molecule has 114 valence electrons. The van der Waals surface area contributed by atoms with E-state index in [9.17, 15) is 9.59 Å². The number of fused-ring (bicyclic) bond motifs is 1. The molecular formula is C18H20N2O2. The summed E-state index contributed by atoms with van der Waals surface area (Å²) >= 11 is 0. The standard InChI is InChI=1S/C18H20N2O2/c21-17(19-14-9-2-1-3-10-14)18(22)20-16-12-6-8-13-7-4-5-11-15(13)16/h4-8,11-12,14H,1-3,9-10H2,(H,19,21)(H,20,22). The van der Waals surface area contributed by atoms with Crippen LogP contribution in [0.15, 0.2) is 42.5 Å². The Labute approximate surface area is 129 Å². The molecule has 2 aromatic rings. The number of rotatable bonds is 2. The highest BCUT2D eigenvalue weighted by atomic mass is 16.2. The van der Waals surface area contributed by atoms with Crippen molar-refractivity contribution in [1.82, 2.24) is 5.32 Å². The van der Waals surface area contributed by atoms with E-state index < -0.39 is 11.8 Å². The summed E-state index contributed by atoms with van der Waals surface area (Å²) in [6, 6.07) is 13.6. The molecule has 1 saturated carbocycles. The molecule has 0 bridgehead atoms. The van der Waals surface area contributed by atoms with Gasteiger partial charge in [0.2, 0.25) is 0 Å². The molecule has 3 rings (SSSR count). The Morgan fingerprint density at radius 1 is 0.864 bits per heavy atom. The maximum atomic E-state index is 12.1. The summed E-state index contributed by atoms with van der Waals surface area (Å²) in [6.07, 6.45) is 5.39. The first kappa shape index (κ1) is 14.6. The fraction of sp³-hybridized carbons (Fsp3) is 0.333. The summed E-state index contributed by atoms with van der Waals surface area (Å²) in [7, 11) is 0. The molecule has 2 N–H and O–H groups in total. The van der Waals surface area contributed by atoms with Crippen molar-refractivity contribution in [3.63, 3.8) is 0 Å². The van der Waals surface area contributed by atoms with Gasteiger partial charge in [-0.3, -0.25) is 9.59 Å². The molecule has 0 aliphatic heterocycles. The Hall–Kier alpha value is -2.36. The third kappa shape index (κ3) is 3.27. The normalized spacial score (nSPS) is 15.5. The van der Waals surface area contributed by atoms with Gasteiger partial charge in [-0.15, -0.1) is 0 Å². The summed E-state index contributed by atoms with van der Waals surface area (Å²) in [5, 5.41) is 7.53. The van der Waals surface area contributed by atoms with Crippen molar-refractivity contribution in [2.24, 2.45) is 0 Å². The molecule has 0 unspecified atom stereocenters. The van der Waals surface area contributed by atoms with E-state index in [1.54, 1.807) is 0 Å². The Bertz CT molecular complexity index is 685. The molecule has 0 heterocycles. The first-order valence-electron chi connectivity index (χ1n) is 7.83. The lowest BCUT2D eigenvalue weighted by atomic mass is 9.95. The lowest BCUT2D eigenvalue weighted by Gasteiger charge is -2.22. The largest absolute Gasteiger partial charge is 0.345 e. The minimum atomic E-state index is -0.595. The van der Waals surface area contributed by atoms with Crippen molar-refractivity contribution in [1.29, 1.82) is 0 Å². The van der Waals surface area contributed by atoms with Crippen LogP contribution in [0.4, 0.5) is 5.69 Å². The van der Waals surface area contributed by atoms with Gasteiger partial charge in [0, 0.05) is 17.1 Å². The van der Waals surface area contributed by atoms with E-state index in [2.05, 4.69) is 10.6 Å². The highest BCUT2D eigenvalue weighted by Crippen LogP contribution is 2.23. The summed E-state index contributed by atoms with van der Waals surface area (Å²) in [5.74, 6) is -1.14. The van der Waals surface area contributed by atoms with E-state index in [1.807, 2.05) is 42.5 Å². The van der Waals surface area contributed by atoms with Crippen LogP contribution in [0, 0.1) is 0 Å². The highest BCUT2D eigenvalue weighted by Gasteiger charge is 2.20. The Kier molecular flexibility index (Phi) is 4.37. The smallest absolute Gasteiger partial charge is 0.313 e. The van der Waals surface area contributed by atoms with Crippen LogP contribution in [0.2, 0.25) is 0 Å². The van der Waals surface area contributed by atoms with Gasteiger partial charge in [-0.25, -0.2) is 0 Å². The van der Waals surface area contributed by atoms with Crippen LogP contribution in [-0.4, -0.2) is 17.9 Å². The zero-order chi connectivity index (χ0) is 15.4. The molecular weight excluding hydrogens is 276 g/mol. The van der Waals surface area contributed by atoms with Gasteiger partial charge in [-0.05, 0) is 24.3 Å². The minimum Gasteiger partial charge on any atom is -0.345 e. The van der Waals surface area contributed by atoms with E-state index in [1.165, 1.54) is 6.42 Å². The fourth-order valence-electron chi connectivity index (χ4n) is 3.01. The van der Waals surface area contributed by atoms with Gasteiger partial charge >= 0.3 is 11.8 Å². The number of nitrogens with one attached hydrogen (secondary N) is 2. The molecule has 4 nitrogen and oxygen atoms in total. The average molecular weight is 296 g/mol. The van der Waals surface area contributed by atoms with Crippen LogP contribution in [0.3, 0.4) is 0 Å². The first-order valence-corrected chi connectivity index (χ1v) is 7.83. The van der Waals surface area contributed by atoms with Crippen LogP contribution in [-0.2, 0) is 9.59 Å². The van der Waals surface area contributed by atoms with Gasteiger partial charge in [0.15, 0.2) is 0 Å². The molecule has 0 atom stereocenters. The molecule has 22 heavy (non-hydrogen) atoms. The molecule has 2 amide bonds. The van der Waals surface area contributed by atoms with E-state index in [4.69, 9.17) is 0 Å². The zero-order valence-corrected chi connectivity index (χ0v) is 12.5. The molecule has 4 heteroatoms. The number of carbonyl (C=O) groups is 2. The summed E-state index contributed by atoms with van der Waals surface area (Å²) < 4.78 is 0. The van der Waals surface area contributed by atoms with Crippen LogP contribution in [0.5, 0.6) is 0 Å². The maximum absolute atomic E-state index is 12.1. The van der Waals surface area contributed by atoms with Gasteiger partial charge in [-0.1, -0.05) is 55.7 Å². The quantitative estimate of drug-likeness (QED) is 0.836. The topological polar surface area (TPSA) is 58.2 Å². The SMILES string of the molecule is O=C(Nc1cccc2ccccc12)C(=O)NC1CCCCC1. The predicted octanol–water partition coefficient (Wildman–Crippen LogP) is 3.23. The van der Waals surface area contributed by atoms with Crippen molar-refractivity contribution >= 4 is 28.3 Å². The van der Waals surface area contributed by atoms with Crippen molar-refractivity contribution < 1.29 is 9.59 Å². The van der Waals surface area contributed by atoms with E-state index in [-0.39, 0.29) is 6.04 Å². The minimum absolute atomic E-state index is 0.138. The second-order valence-electron chi connectivity index (χ2n) is 5.79. The number of hydrogen-bond donors (Lipinski definition) is 2. The molecule has 1 aliphatic carbocycles.